The topological polar surface area (TPSA) is 79.5 Å². The number of nitrogens with zero attached hydrogens (tertiary/aromatic N) is 1. The lowest BCUT2D eigenvalue weighted by molar-refractivity contribution is 0.0517. The molecule has 2 aromatic rings. The summed E-state index contributed by atoms with van der Waals surface area (Å²) in [6.07, 6.45) is 0. The van der Waals surface area contributed by atoms with E-state index in [1.165, 1.54) is 29.2 Å². The van der Waals surface area contributed by atoms with Crippen LogP contribution in [0.4, 0.5) is 4.39 Å². The summed E-state index contributed by atoms with van der Waals surface area (Å²) in [7, 11) is 0. The van der Waals surface area contributed by atoms with Crippen LogP contribution in [0.2, 0.25) is 0 Å². The largest absolute Gasteiger partial charge is 0.461 e. The van der Waals surface area contributed by atoms with E-state index in [2.05, 4.69) is 4.98 Å². The molecule has 1 amide bonds. The highest BCUT2D eigenvalue weighted by molar-refractivity contribution is 6.06. The standard InChI is InChI=1S/C22H27FN2O4/c1-7-29-21(28)19-13(2)18(14(3)24-19)17(26)12-25(22(4,5)6)20(27)15-8-10-16(23)11-9-15/h8-11,24H,7,12H2,1-6H3. The lowest BCUT2D eigenvalue weighted by atomic mass is 10.00. The van der Waals surface area contributed by atoms with E-state index >= 15 is 0 Å². The molecule has 156 valence electrons. The van der Waals surface area contributed by atoms with Crippen molar-refractivity contribution in [2.45, 2.75) is 47.1 Å². The predicted molar refractivity (Wildman–Crippen MR) is 108 cm³/mol. The zero-order valence-electron chi connectivity index (χ0n) is 17.7. The van der Waals surface area contributed by atoms with E-state index in [1.807, 2.05) is 20.8 Å². The number of aromatic amines is 1. The van der Waals surface area contributed by atoms with Crippen LogP contribution in [0.3, 0.4) is 0 Å². The van der Waals surface area contributed by atoms with Crippen LogP contribution >= 0.6 is 0 Å². The van der Waals surface area contributed by atoms with Crippen LogP contribution in [0, 0.1) is 19.7 Å². The maximum Gasteiger partial charge on any atom is 0.355 e. The molecule has 0 atom stereocenters. The van der Waals surface area contributed by atoms with Gasteiger partial charge in [0.25, 0.3) is 5.91 Å². The Kier molecular flexibility index (Phi) is 6.62. The number of aromatic nitrogens is 1. The third-order valence-electron chi connectivity index (χ3n) is 4.64. The molecule has 0 saturated carbocycles. The molecule has 7 heteroatoms. The van der Waals surface area contributed by atoms with E-state index in [9.17, 15) is 18.8 Å². The van der Waals surface area contributed by atoms with Gasteiger partial charge in [-0.1, -0.05) is 0 Å². The van der Waals surface area contributed by atoms with E-state index < -0.39 is 17.3 Å². The molecule has 1 aromatic carbocycles. The first kappa shape index (κ1) is 22.3. The minimum absolute atomic E-state index is 0.179. The van der Waals surface area contributed by atoms with Crippen LogP contribution in [0.5, 0.6) is 0 Å². The molecule has 1 N–H and O–H groups in total. The Morgan fingerprint density at radius 2 is 1.69 bits per heavy atom. The monoisotopic (exact) mass is 402 g/mol. The van der Waals surface area contributed by atoms with Crippen molar-refractivity contribution in [1.29, 1.82) is 0 Å². The fraction of sp³-hybridized carbons (Fsp3) is 0.409. The van der Waals surface area contributed by atoms with Crippen molar-refractivity contribution in [1.82, 2.24) is 9.88 Å². The number of rotatable bonds is 6. The Balaban J connectivity index is 2.35. The minimum Gasteiger partial charge on any atom is -0.461 e. The number of amides is 1. The van der Waals surface area contributed by atoms with Gasteiger partial charge in [-0.15, -0.1) is 0 Å². The van der Waals surface area contributed by atoms with E-state index in [0.29, 0.717) is 22.4 Å². The van der Waals surface area contributed by atoms with E-state index in [-0.39, 0.29) is 30.5 Å². The van der Waals surface area contributed by atoms with Gasteiger partial charge in [0.2, 0.25) is 0 Å². The number of Topliss-reactive ketones (excluding diaryl/α,β-unsaturated/α-hetero) is 1. The second-order valence-electron chi connectivity index (χ2n) is 7.84. The molecule has 0 aliphatic carbocycles. The van der Waals surface area contributed by atoms with Crippen LogP contribution in [-0.4, -0.2) is 46.2 Å². The molecule has 1 heterocycles. The molecule has 29 heavy (non-hydrogen) atoms. The normalized spacial score (nSPS) is 11.3. The number of esters is 1. The fourth-order valence-electron chi connectivity index (χ4n) is 3.16. The van der Waals surface area contributed by atoms with Crippen LogP contribution in [-0.2, 0) is 4.74 Å². The first-order chi connectivity index (χ1) is 13.5. The van der Waals surface area contributed by atoms with Crippen molar-refractivity contribution in [3.8, 4) is 0 Å². The van der Waals surface area contributed by atoms with Gasteiger partial charge in [-0.05, 0) is 71.4 Å². The number of ketones is 1. The number of aryl methyl sites for hydroxylation is 1. The zero-order valence-corrected chi connectivity index (χ0v) is 17.7. The first-order valence-electron chi connectivity index (χ1n) is 9.44. The third-order valence-corrected chi connectivity index (χ3v) is 4.64. The molecule has 0 fully saturated rings. The van der Waals surface area contributed by atoms with E-state index in [4.69, 9.17) is 4.74 Å². The second kappa shape index (κ2) is 8.59. The van der Waals surface area contributed by atoms with Crippen molar-refractivity contribution >= 4 is 17.7 Å². The quantitative estimate of drug-likeness (QED) is 0.583. The summed E-state index contributed by atoms with van der Waals surface area (Å²) in [5.41, 5.74) is 1.29. The Bertz CT molecular complexity index is 924. The highest BCUT2D eigenvalue weighted by Crippen LogP contribution is 2.23. The highest BCUT2D eigenvalue weighted by Gasteiger charge is 2.31. The Morgan fingerprint density at radius 1 is 1.10 bits per heavy atom. The molecule has 0 bridgehead atoms. The molecule has 0 aliphatic heterocycles. The summed E-state index contributed by atoms with van der Waals surface area (Å²) in [4.78, 5) is 42.6. The van der Waals surface area contributed by atoms with Gasteiger partial charge in [-0.2, -0.15) is 0 Å². The number of H-pyrrole nitrogens is 1. The SMILES string of the molecule is CCOC(=O)c1[nH]c(C)c(C(=O)CN(C(=O)c2ccc(F)cc2)C(C)(C)C)c1C. The first-order valence-corrected chi connectivity index (χ1v) is 9.44. The van der Waals surface area contributed by atoms with Crippen molar-refractivity contribution in [3.05, 3.63) is 58.2 Å². The maximum absolute atomic E-state index is 13.2. The van der Waals surface area contributed by atoms with Gasteiger partial charge in [-0.3, -0.25) is 9.59 Å². The molecule has 6 nitrogen and oxygen atoms in total. The number of nitrogens with one attached hydrogen (secondary N) is 1. The predicted octanol–water partition coefficient (Wildman–Crippen LogP) is 4.07. The fourth-order valence-corrected chi connectivity index (χ4v) is 3.16. The summed E-state index contributed by atoms with van der Waals surface area (Å²) in [5.74, 6) is -1.63. The lowest BCUT2D eigenvalue weighted by Crippen LogP contribution is -2.48. The molecule has 0 radical (unpaired) electrons. The molecule has 0 spiro atoms. The van der Waals surface area contributed by atoms with Gasteiger partial charge in [0.15, 0.2) is 5.78 Å². The summed E-state index contributed by atoms with van der Waals surface area (Å²) < 4.78 is 18.2. The van der Waals surface area contributed by atoms with Crippen LogP contribution in [0.1, 0.15) is 70.2 Å². The van der Waals surface area contributed by atoms with Gasteiger partial charge in [0, 0.05) is 22.4 Å². The van der Waals surface area contributed by atoms with Gasteiger partial charge < -0.3 is 14.6 Å². The number of hydrogen-bond donors (Lipinski definition) is 1. The third kappa shape index (κ3) is 4.91. The van der Waals surface area contributed by atoms with Crippen LogP contribution in [0.15, 0.2) is 24.3 Å². The number of ether oxygens (including phenoxy) is 1. The van der Waals surface area contributed by atoms with E-state index in [1.54, 1.807) is 20.8 Å². The molecule has 1 aromatic heterocycles. The zero-order chi connectivity index (χ0) is 21.9. The number of halogens is 1. The number of benzene rings is 1. The molecule has 0 unspecified atom stereocenters. The van der Waals surface area contributed by atoms with Gasteiger partial charge >= 0.3 is 5.97 Å². The van der Waals surface area contributed by atoms with Crippen molar-refractivity contribution in [2.75, 3.05) is 13.2 Å². The summed E-state index contributed by atoms with van der Waals surface area (Å²) in [6.45, 7) is 10.6. The Labute approximate surface area is 170 Å². The minimum atomic E-state index is -0.650. The molecular formula is C22H27FN2O4. The maximum atomic E-state index is 13.2. The van der Waals surface area contributed by atoms with Crippen molar-refractivity contribution in [2.24, 2.45) is 0 Å². The summed E-state index contributed by atoms with van der Waals surface area (Å²) >= 11 is 0. The number of hydrogen-bond acceptors (Lipinski definition) is 4. The average molecular weight is 402 g/mol. The smallest absolute Gasteiger partial charge is 0.355 e. The van der Waals surface area contributed by atoms with Gasteiger partial charge in [-0.25, -0.2) is 9.18 Å². The Hall–Kier alpha value is -2.96. The average Bonchev–Trinajstić information content (AvgIpc) is 2.93. The highest BCUT2D eigenvalue weighted by atomic mass is 19.1. The lowest BCUT2D eigenvalue weighted by Gasteiger charge is -2.35. The number of carbonyl (C=O) groups excluding carboxylic acids is 3. The molecule has 0 saturated heterocycles. The molecule has 0 aliphatic rings. The van der Waals surface area contributed by atoms with Crippen molar-refractivity contribution < 1.29 is 23.5 Å². The van der Waals surface area contributed by atoms with Crippen LogP contribution < -0.4 is 0 Å². The second-order valence-corrected chi connectivity index (χ2v) is 7.84. The number of carbonyl (C=O) groups is 3. The Morgan fingerprint density at radius 3 is 2.21 bits per heavy atom. The summed E-state index contributed by atoms with van der Waals surface area (Å²) in [6, 6.07) is 5.21. The van der Waals surface area contributed by atoms with Crippen LogP contribution in [0.25, 0.3) is 0 Å². The van der Waals surface area contributed by atoms with Gasteiger partial charge in [0.05, 0.1) is 13.2 Å². The summed E-state index contributed by atoms with van der Waals surface area (Å²) in [5, 5.41) is 0. The van der Waals surface area contributed by atoms with Crippen molar-refractivity contribution in [3.63, 3.8) is 0 Å². The molecular weight excluding hydrogens is 375 g/mol. The van der Waals surface area contributed by atoms with Gasteiger partial charge in [0.1, 0.15) is 11.5 Å². The molecule has 2 rings (SSSR count). The van der Waals surface area contributed by atoms with E-state index in [0.717, 1.165) is 0 Å².